The highest BCUT2D eigenvalue weighted by Crippen LogP contribution is 2.53. The third-order valence-corrected chi connectivity index (χ3v) is 4.49. The van der Waals surface area contributed by atoms with Gasteiger partial charge in [0.2, 0.25) is 0 Å². The van der Waals surface area contributed by atoms with Gasteiger partial charge in [-0.2, -0.15) is 0 Å². The van der Waals surface area contributed by atoms with Gasteiger partial charge < -0.3 is 0 Å². The molecule has 1 aliphatic carbocycles. The molecule has 1 aliphatic rings. The van der Waals surface area contributed by atoms with E-state index in [0.717, 1.165) is 16.5 Å². The van der Waals surface area contributed by atoms with Crippen LogP contribution >= 0.6 is 27.5 Å². The summed E-state index contributed by atoms with van der Waals surface area (Å²) in [5, 5.41) is 0.189. The number of benzene rings is 1. The molecule has 0 heterocycles. The van der Waals surface area contributed by atoms with Crippen LogP contribution in [0.4, 0.5) is 4.39 Å². The summed E-state index contributed by atoms with van der Waals surface area (Å²) in [6.07, 6.45) is 3.31. The molecule has 0 amide bonds. The van der Waals surface area contributed by atoms with E-state index in [1.54, 1.807) is 0 Å². The van der Waals surface area contributed by atoms with Crippen molar-refractivity contribution in [3.63, 3.8) is 0 Å². The molecule has 0 bridgehead atoms. The maximum atomic E-state index is 12.9. The van der Waals surface area contributed by atoms with Gasteiger partial charge in [-0.25, -0.2) is 4.39 Å². The van der Waals surface area contributed by atoms with Crippen LogP contribution < -0.4 is 0 Å². The zero-order valence-electron chi connectivity index (χ0n) is 8.56. The fourth-order valence-electron chi connectivity index (χ4n) is 1.92. The zero-order valence-corrected chi connectivity index (χ0v) is 10.9. The van der Waals surface area contributed by atoms with Gasteiger partial charge in [-0.1, -0.05) is 22.0 Å². The second kappa shape index (κ2) is 4.06. The standard InChI is InChI=1S/C12H13BrClF/c1-8(14)12(4-5-12)7-9-2-3-10(15)6-11(9)13/h2-3,6,8H,4-5,7H2,1H3. The summed E-state index contributed by atoms with van der Waals surface area (Å²) in [5.74, 6) is -0.200. The van der Waals surface area contributed by atoms with Gasteiger partial charge in [-0.15, -0.1) is 11.6 Å². The quantitative estimate of drug-likeness (QED) is 0.717. The Hall–Kier alpha value is -0.0800. The molecule has 1 fully saturated rings. The van der Waals surface area contributed by atoms with Gasteiger partial charge in [0.05, 0.1) is 0 Å². The first-order valence-electron chi connectivity index (χ1n) is 5.11. The van der Waals surface area contributed by atoms with Gasteiger partial charge in [0.1, 0.15) is 5.82 Å². The molecule has 0 spiro atoms. The summed E-state index contributed by atoms with van der Waals surface area (Å²) in [6, 6.07) is 4.87. The Morgan fingerprint density at radius 2 is 2.20 bits per heavy atom. The van der Waals surface area contributed by atoms with Gasteiger partial charge in [-0.3, -0.25) is 0 Å². The first kappa shape index (κ1) is 11.4. The van der Waals surface area contributed by atoms with Gasteiger partial charge in [0, 0.05) is 9.85 Å². The summed E-state index contributed by atoms with van der Waals surface area (Å²) in [6.45, 7) is 2.05. The van der Waals surface area contributed by atoms with E-state index < -0.39 is 0 Å². The normalized spacial score (nSPS) is 20.0. The minimum Gasteiger partial charge on any atom is -0.207 e. The third kappa shape index (κ3) is 2.36. The zero-order chi connectivity index (χ0) is 11.1. The van der Waals surface area contributed by atoms with Crippen LogP contribution in [0.25, 0.3) is 0 Å². The Kier molecular flexibility index (Phi) is 3.09. The van der Waals surface area contributed by atoms with Crippen molar-refractivity contribution >= 4 is 27.5 Å². The van der Waals surface area contributed by atoms with Crippen LogP contribution in [-0.2, 0) is 6.42 Å². The second-order valence-corrected chi connectivity index (χ2v) is 5.90. The van der Waals surface area contributed by atoms with E-state index in [1.807, 2.05) is 13.0 Å². The molecule has 0 aromatic heterocycles. The molecule has 0 saturated heterocycles. The van der Waals surface area contributed by atoms with Crippen LogP contribution in [0.2, 0.25) is 0 Å². The van der Waals surface area contributed by atoms with Crippen LogP contribution in [0.1, 0.15) is 25.3 Å². The Morgan fingerprint density at radius 1 is 1.53 bits per heavy atom. The summed E-state index contributed by atoms with van der Waals surface area (Å²) < 4.78 is 13.8. The number of rotatable bonds is 3. The lowest BCUT2D eigenvalue weighted by Crippen LogP contribution is -2.15. The molecule has 0 aliphatic heterocycles. The summed E-state index contributed by atoms with van der Waals surface area (Å²) in [4.78, 5) is 0. The molecule has 1 aromatic rings. The van der Waals surface area contributed by atoms with Gasteiger partial charge in [-0.05, 0) is 49.3 Å². The van der Waals surface area contributed by atoms with Crippen molar-refractivity contribution in [2.75, 3.05) is 0 Å². The molecular weight excluding hydrogens is 278 g/mol. The van der Waals surface area contributed by atoms with Crippen LogP contribution in [-0.4, -0.2) is 5.38 Å². The Morgan fingerprint density at radius 3 is 2.67 bits per heavy atom. The molecule has 0 radical (unpaired) electrons. The van der Waals surface area contributed by atoms with E-state index in [1.165, 1.54) is 25.0 Å². The molecule has 2 rings (SSSR count). The highest BCUT2D eigenvalue weighted by atomic mass is 79.9. The number of alkyl halides is 1. The monoisotopic (exact) mass is 290 g/mol. The van der Waals surface area contributed by atoms with E-state index in [9.17, 15) is 4.39 Å². The van der Waals surface area contributed by atoms with Crippen LogP contribution in [0.5, 0.6) is 0 Å². The molecule has 1 saturated carbocycles. The summed E-state index contributed by atoms with van der Waals surface area (Å²) in [5.41, 5.74) is 1.41. The first-order chi connectivity index (χ1) is 7.03. The van der Waals surface area contributed by atoms with E-state index in [2.05, 4.69) is 15.9 Å². The van der Waals surface area contributed by atoms with Gasteiger partial charge in [0.25, 0.3) is 0 Å². The topological polar surface area (TPSA) is 0 Å². The molecule has 1 unspecified atom stereocenters. The predicted molar refractivity (Wildman–Crippen MR) is 64.8 cm³/mol. The predicted octanol–water partition coefficient (Wildman–Crippen LogP) is 4.54. The smallest absolute Gasteiger partial charge is 0.124 e. The highest BCUT2D eigenvalue weighted by Gasteiger charge is 2.46. The largest absolute Gasteiger partial charge is 0.207 e. The maximum Gasteiger partial charge on any atom is 0.124 e. The van der Waals surface area contributed by atoms with E-state index >= 15 is 0 Å². The summed E-state index contributed by atoms with van der Waals surface area (Å²) >= 11 is 9.57. The van der Waals surface area contributed by atoms with Crippen molar-refractivity contribution < 1.29 is 4.39 Å². The van der Waals surface area contributed by atoms with E-state index in [-0.39, 0.29) is 16.6 Å². The molecule has 3 heteroatoms. The molecule has 1 atom stereocenters. The van der Waals surface area contributed by atoms with Crippen LogP contribution in [0.3, 0.4) is 0 Å². The molecular formula is C12H13BrClF. The van der Waals surface area contributed by atoms with E-state index in [0.29, 0.717) is 0 Å². The Bertz CT molecular complexity index is 372. The summed E-state index contributed by atoms with van der Waals surface area (Å²) in [7, 11) is 0. The number of hydrogen-bond acceptors (Lipinski definition) is 0. The third-order valence-electron chi connectivity index (χ3n) is 3.29. The van der Waals surface area contributed by atoms with Crippen molar-refractivity contribution in [3.05, 3.63) is 34.1 Å². The van der Waals surface area contributed by atoms with Crippen LogP contribution in [0.15, 0.2) is 22.7 Å². The molecule has 15 heavy (non-hydrogen) atoms. The van der Waals surface area contributed by atoms with Crippen molar-refractivity contribution in [2.24, 2.45) is 5.41 Å². The van der Waals surface area contributed by atoms with Crippen molar-refractivity contribution in [1.29, 1.82) is 0 Å². The average molecular weight is 292 g/mol. The molecule has 82 valence electrons. The van der Waals surface area contributed by atoms with Crippen molar-refractivity contribution in [2.45, 2.75) is 31.6 Å². The second-order valence-electron chi connectivity index (χ2n) is 4.39. The van der Waals surface area contributed by atoms with Crippen LogP contribution in [0, 0.1) is 11.2 Å². The Labute approximate surface area is 103 Å². The fourth-order valence-corrected chi connectivity index (χ4v) is 2.71. The van der Waals surface area contributed by atoms with Gasteiger partial charge >= 0.3 is 0 Å². The number of halogens is 3. The first-order valence-corrected chi connectivity index (χ1v) is 6.34. The average Bonchev–Trinajstić information content (AvgIpc) is 2.91. The minimum atomic E-state index is -0.200. The highest BCUT2D eigenvalue weighted by molar-refractivity contribution is 9.10. The minimum absolute atomic E-state index is 0.189. The fraction of sp³-hybridized carbons (Fsp3) is 0.500. The van der Waals surface area contributed by atoms with E-state index in [4.69, 9.17) is 11.6 Å². The Balaban J connectivity index is 2.18. The molecule has 0 N–H and O–H groups in total. The maximum absolute atomic E-state index is 12.9. The van der Waals surface area contributed by atoms with Crippen molar-refractivity contribution in [3.8, 4) is 0 Å². The SMILES string of the molecule is CC(Cl)C1(Cc2ccc(F)cc2Br)CC1. The lowest BCUT2D eigenvalue weighted by Gasteiger charge is -2.18. The lowest BCUT2D eigenvalue weighted by atomic mass is 9.93. The lowest BCUT2D eigenvalue weighted by molar-refractivity contribution is 0.495. The molecule has 1 aromatic carbocycles. The van der Waals surface area contributed by atoms with Gasteiger partial charge in [0.15, 0.2) is 0 Å². The van der Waals surface area contributed by atoms with Crippen molar-refractivity contribution in [1.82, 2.24) is 0 Å². The molecule has 0 nitrogen and oxygen atoms in total. The number of hydrogen-bond donors (Lipinski definition) is 0.